The standard InChI is InChI=1S/C37H58O8/c1-32(2)14-16-37(31(43)44)17-15-35(6)20(22(37)18-32)8-9-25-34(5)12-10-21(33(3,4)24(34)11-13-36(25,35)7)26(39)30-29(42)28(41)27(40)23(19-38)45-30/h8,21-25,27-30,38,40-42H,9-19H2,1-7H3,(H,43,44)/t21-,22?,23?,24?,25?,27-,28+,29?,30+,34+,35-,36-,37+/m1/s1. The van der Waals surface area contributed by atoms with E-state index in [0.717, 1.165) is 57.8 Å². The number of carboxylic acids is 1. The van der Waals surface area contributed by atoms with Crippen LogP contribution in [0, 0.1) is 56.2 Å². The second-order valence-corrected chi connectivity index (χ2v) is 18.2. The molecule has 4 saturated carbocycles. The molecule has 5 fully saturated rings. The van der Waals surface area contributed by atoms with Gasteiger partial charge in [-0.15, -0.1) is 0 Å². The molecule has 0 radical (unpaired) electrons. The minimum atomic E-state index is -1.56. The van der Waals surface area contributed by atoms with Crippen molar-refractivity contribution in [3.63, 3.8) is 0 Å². The van der Waals surface area contributed by atoms with Crippen LogP contribution in [0.4, 0.5) is 0 Å². The van der Waals surface area contributed by atoms with Crippen LogP contribution in [0.15, 0.2) is 11.6 Å². The lowest BCUT2D eigenvalue weighted by Crippen LogP contribution is -2.66. The van der Waals surface area contributed by atoms with E-state index in [1.165, 1.54) is 5.57 Å². The van der Waals surface area contributed by atoms with Crippen LogP contribution in [-0.4, -0.2) is 74.4 Å². The maximum absolute atomic E-state index is 14.1. The summed E-state index contributed by atoms with van der Waals surface area (Å²) >= 11 is 0. The van der Waals surface area contributed by atoms with Crippen molar-refractivity contribution in [2.45, 2.75) is 143 Å². The van der Waals surface area contributed by atoms with Crippen molar-refractivity contribution in [1.29, 1.82) is 0 Å². The van der Waals surface area contributed by atoms with Gasteiger partial charge in [0.2, 0.25) is 0 Å². The highest BCUT2D eigenvalue weighted by atomic mass is 16.5. The van der Waals surface area contributed by atoms with Gasteiger partial charge >= 0.3 is 5.97 Å². The van der Waals surface area contributed by atoms with E-state index < -0.39 is 53.9 Å². The zero-order valence-electron chi connectivity index (χ0n) is 28.5. The number of carbonyl (C=O) groups is 2. The van der Waals surface area contributed by atoms with Crippen molar-refractivity contribution < 1.29 is 39.9 Å². The van der Waals surface area contributed by atoms with Gasteiger partial charge in [-0.3, -0.25) is 9.59 Å². The molecule has 0 spiro atoms. The molecule has 6 rings (SSSR count). The van der Waals surface area contributed by atoms with Crippen LogP contribution in [0.3, 0.4) is 0 Å². The minimum absolute atomic E-state index is 0.0127. The van der Waals surface area contributed by atoms with Gasteiger partial charge in [-0.1, -0.05) is 60.1 Å². The topological polar surface area (TPSA) is 145 Å². The fourth-order valence-corrected chi connectivity index (χ4v) is 12.7. The molecule has 45 heavy (non-hydrogen) atoms. The monoisotopic (exact) mass is 630 g/mol. The summed E-state index contributed by atoms with van der Waals surface area (Å²) < 4.78 is 5.75. The number of Topliss-reactive ketones (excluding diaryl/α,β-unsaturated/α-hetero) is 1. The number of ketones is 1. The number of fused-ring (bicyclic) bond motifs is 7. The predicted octanol–water partition coefficient (Wildman–Crippen LogP) is 4.90. The molecule has 0 aromatic heterocycles. The predicted molar refractivity (Wildman–Crippen MR) is 169 cm³/mol. The van der Waals surface area contributed by atoms with E-state index in [1.807, 2.05) is 0 Å². The molecule has 8 heteroatoms. The lowest BCUT2D eigenvalue weighted by Gasteiger charge is -2.71. The number of carbonyl (C=O) groups excluding carboxylic acids is 1. The minimum Gasteiger partial charge on any atom is -0.481 e. The molecule has 0 aromatic carbocycles. The Kier molecular flexibility index (Phi) is 7.90. The summed E-state index contributed by atoms with van der Waals surface area (Å²) in [6, 6.07) is 0. The first-order valence-electron chi connectivity index (χ1n) is 17.6. The molecule has 0 aromatic rings. The zero-order valence-corrected chi connectivity index (χ0v) is 28.5. The van der Waals surface area contributed by atoms with Crippen LogP contribution < -0.4 is 0 Å². The summed E-state index contributed by atoms with van der Waals surface area (Å²) in [6.45, 7) is 15.8. The molecular formula is C37H58O8. The number of aliphatic hydroxyl groups excluding tert-OH is 4. The number of aliphatic carboxylic acids is 1. The summed E-state index contributed by atoms with van der Waals surface area (Å²) in [5, 5.41) is 51.8. The summed E-state index contributed by atoms with van der Waals surface area (Å²) in [6.07, 6.45) is 4.19. The Morgan fingerprint density at radius 1 is 0.844 bits per heavy atom. The van der Waals surface area contributed by atoms with Gasteiger partial charge < -0.3 is 30.3 Å². The summed E-state index contributed by atoms with van der Waals surface area (Å²) in [4.78, 5) is 27.1. The third-order valence-electron chi connectivity index (χ3n) is 15.6. The lowest BCUT2D eigenvalue weighted by molar-refractivity contribution is -0.233. The van der Waals surface area contributed by atoms with Crippen molar-refractivity contribution in [1.82, 2.24) is 0 Å². The van der Waals surface area contributed by atoms with Gasteiger partial charge in [0.15, 0.2) is 5.78 Å². The molecule has 1 heterocycles. The Morgan fingerprint density at radius 2 is 1.51 bits per heavy atom. The van der Waals surface area contributed by atoms with E-state index in [9.17, 15) is 35.1 Å². The number of hydrogen-bond acceptors (Lipinski definition) is 7. The molecule has 8 nitrogen and oxygen atoms in total. The number of ether oxygens (including phenoxy) is 1. The van der Waals surface area contributed by atoms with Gasteiger partial charge in [0.05, 0.1) is 12.0 Å². The van der Waals surface area contributed by atoms with Crippen LogP contribution in [-0.2, 0) is 14.3 Å². The van der Waals surface area contributed by atoms with E-state index in [2.05, 4.69) is 54.5 Å². The molecule has 13 atom stereocenters. The van der Waals surface area contributed by atoms with E-state index in [1.54, 1.807) is 0 Å². The average molecular weight is 631 g/mol. The number of allylic oxidation sites excluding steroid dienone is 2. The molecule has 5 aliphatic carbocycles. The van der Waals surface area contributed by atoms with Crippen molar-refractivity contribution in [3.8, 4) is 0 Å². The van der Waals surface area contributed by atoms with Gasteiger partial charge in [0.1, 0.15) is 30.5 Å². The largest absolute Gasteiger partial charge is 0.481 e. The van der Waals surface area contributed by atoms with Crippen molar-refractivity contribution >= 4 is 11.8 Å². The first kappa shape index (κ1) is 33.6. The van der Waals surface area contributed by atoms with Crippen LogP contribution >= 0.6 is 0 Å². The maximum atomic E-state index is 14.1. The number of rotatable bonds is 4. The second kappa shape index (κ2) is 10.6. The highest BCUT2D eigenvalue weighted by Gasteiger charge is 2.70. The maximum Gasteiger partial charge on any atom is 0.310 e. The Balaban J connectivity index is 1.31. The van der Waals surface area contributed by atoms with Crippen LogP contribution in [0.25, 0.3) is 0 Å². The molecule has 1 aliphatic heterocycles. The zero-order chi connectivity index (χ0) is 33.1. The molecule has 5 N–H and O–H groups in total. The molecule has 254 valence electrons. The van der Waals surface area contributed by atoms with Gasteiger partial charge in [-0.2, -0.15) is 0 Å². The molecule has 0 amide bonds. The van der Waals surface area contributed by atoms with Crippen molar-refractivity contribution in [2.24, 2.45) is 56.2 Å². The van der Waals surface area contributed by atoms with Crippen molar-refractivity contribution in [2.75, 3.05) is 6.61 Å². The fourth-order valence-electron chi connectivity index (χ4n) is 12.7. The first-order valence-corrected chi connectivity index (χ1v) is 17.6. The third kappa shape index (κ3) is 4.47. The smallest absolute Gasteiger partial charge is 0.310 e. The molecule has 0 bridgehead atoms. The molecular weight excluding hydrogens is 572 g/mol. The summed E-state index contributed by atoms with van der Waals surface area (Å²) in [5.41, 5.74) is 0.396. The first-order chi connectivity index (χ1) is 20.8. The summed E-state index contributed by atoms with van der Waals surface area (Å²) in [5.74, 6) is -0.523. The average Bonchev–Trinajstić information content (AvgIpc) is 2.95. The fraction of sp³-hybridized carbons (Fsp3) is 0.892. The van der Waals surface area contributed by atoms with Gasteiger partial charge in [-0.05, 0) is 109 Å². The molecule has 6 aliphatic rings. The Labute approximate surface area is 269 Å². The summed E-state index contributed by atoms with van der Waals surface area (Å²) in [7, 11) is 0. The van der Waals surface area contributed by atoms with Crippen LogP contribution in [0.1, 0.15) is 113 Å². The van der Waals surface area contributed by atoms with Gasteiger partial charge in [0.25, 0.3) is 0 Å². The normalized spacial score (nSPS) is 51.9. The quantitative estimate of drug-likeness (QED) is 0.276. The van der Waals surface area contributed by atoms with E-state index >= 15 is 0 Å². The molecule has 1 saturated heterocycles. The highest BCUT2D eigenvalue weighted by Crippen LogP contribution is 2.76. The number of aliphatic hydroxyl groups is 4. The highest BCUT2D eigenvalue weighted by molar-refractivity contribution is 5.87. The van der Waals surface area contributed by atoms with E-state index in [4.69, 9.17) is 4.74 Å². The van der Waals surface area contributed by atoms with E-state index in [0.29, 0.717) is 12.3 Å². The Bertz CT molecular complexity index is 1250. The Hall–Kier alpha value is -1.32. The SMILES string of the molecule is CC1(C)CC[C@]2(C(=O)O)CC[C@]3(C)C(=CCC4[C@@]5(C)CC[C@H](C(=O)[C@@H]6OC(CO)[C@@H](O)[C@H](O)C6O)C(C)(C)C5CC[C@]43C)C2C1. The number of hydrogen-bond donors (Lipinski definition) is 5. The van der Waals surface area contributed by atoms with Gasteiger partial charge in [0, 0.05) is 5.92 Å². The number of carboxylic acid groups (broad SMARTS) is 1. The van der Waals surface area contributed by atoms with Crippen LogP contribution in [0.2, 0.25) is 0 Å². The molecule has 5 unspecified atom stereocenters. The second-order valence-electron chi connectivity index (χ2n) is 18.2. The van der Waals surface area contributed by atoms with E-state index in [-0.39, 0.29) is 45.2 Å². The Morgan fingerprint density at radius 3 is 2.16 bits per heavy atom. The van der Waals surface area contributed by atoms with Crippen molar-refractivity contribution in [3.05, 3.63) is 11.6 Å². The van der Waals surface area contributed by atoms with Crippen LogP contribution in [0.5, 0.6) is 0 Å². The third-order valence-corrected chi connectivity index (χ3v) is 15.6. The van der Waals surface area contributed by atoms with Gasteiger partial charge in [-0.25, -0.2) is 0 Å². The lowest BCUT2D eigenvalue weighted by atomic mass is 9.33.